The highest BCUT2D eigenvalue weighted by Crippen LogP contribution is 2.29. The number of aromatic nitrogens is 2. The third-order valence-electron chi connectivity index (χ3n) is 6.22. The van der Waals surface area contributed by atoms with Crippen molar-refractivity contribution < 1.29 is 4.79 Å². The van der Waals surface area contributed by atoms with Crippen molar-refractivity contribution >= 4 is 23.2 Å². The summed E-state index contributed by atoms with van der Waals surface area (Å²) in [6, 6.07) is 20.4. The number of nitrogens with zero attached hydrogens (tertiary/aromatic N) is 3. The molecule has 1 saturated heterocycles. The first kappa shape index (κ1) is 20.8. The molecule has 2 aromatic carbocycles. The van der Waals surface area contributed by atoms with Gasteiger partial charge in [0.15, 0.2) is 0 Å². The number of pyridine rings is 1. The van der Waals surface area contributed by atoms with E-state index in [9.17, 15) is 4.79 Å². The van der Waals surface area contributed by atoms with Crippen molar-refractivity contribution in [3.63, 3.8) is 0 Å². The van der Waals surface area contributed by atoms with Crippen molar-refractivity contribution in [1.82, 2.24) is 14.3 Å². The van der Waals surface area contributed by atoms with Crippen LogP contribution in [0.4, 0.5) is 0 Å². The van der Waals surface area contributed by atoms with Gasteiger partial charge in [0.25, 0.3) is 0 Å². The summed E-state index contributed by atoms with van der Waals surface area (Å²) in [4.78, 5) is 19.7. The second-order valence-electron chi connectivity index (χ2n) is 8.52. The number of fused-ring (bicyclic) bond motifs is 1. The number of halogens is 1. The average Bonchev–Trinajstić information content (AvgIpc) is 3.46. The summed E-state index contributed by atoms with van der Waals surface area (Å²) >= 11 is 6.12. The zero-order valence-electron chi connectivity index (χ0n) is 18.2. The summed E-state index contributed by atoms with van der Waals surface area (Å²) in [5.74, 6) is 0.231. The second-order valence-corrected chi connectivity index (χ2v) is 8.95. The Morgan fingerprint density at radius 2 is 1.72 bits per heavy atom. The van der Waals surface area contributed by atoms with Crippen LogP contribution in [-0.2, 0) is 11.2 Å². The molecule has 4 aromatic rings. The van der Waals surface area contributed by atoms with E-state index in [1.807, 2.05) is 29.2 Å². The Hall–Kier alpha value is -3.11. The molecule has 0 atom stereocenters. The zero-order chi connectivity index (χ0) is 22.1. The molecule has 0 radical (unpaired) electrons. The fourth-order valence-corrected chi connectivity index (χ4v) is 4.64. The van der Waals surface area contributed by atoms with Crippen LogP contribution in [0.15, 0.2) is 66.9 Å². The first-order valence-electron chi connectivity index (χ1n) is 11.2. The predicted octanol–water partition coefficient (Wildman–Crippen LogP) is 6.19. The predicted molar refractivity (Wildman–Crippen MR) is 130 cm³/mol. The largest absolute Gasteiger partial charge is 0.343 e. The molecule has 0 aliphatic carbocycles. The molecule has 162 valence electrons. The van der Waals surface area contributed by atoms with Crippen molar-refractivity contribution in [3.8, 4) is 22.4 Å². The molecule has 4 nitrogen and oxygen atoms in total. The maximum atomic E-state index is 12.8. The Morgan fingerprint density at radius 1 is 0.969 bits per heavy atom. The lowest BCUT2D eigenvalue weighted by atomic mass is 10.0. The van der Waals surface area contributed by atoms with Gasteiger partial charge >= 0.3 is 0 Å². The lowest BCUT2D eigenvalue weighted by Gasteiger charge is -2.15. The molecule has 1 fully saturated rings. The summed E-state index contributed by atoms with van der Waals surface area (Å²) in [5, 5.41) is 0.699. The lowest BCUT2D eigenvalue weighted by Crippen LogP contribution is -2.27. The molecule has 1 aliphatic heterocycles. The standard InChI is InChI=1S/C27H26ClN3O/c1-19-5-4-6-21(17-19)22-9-13-25-29-27(20-7-10-23(28)11-8-20)24(31(25)18-22)12-14-26(32)30-15-2-3-16-30/h4-11,13,17-18H,2-3,12,14-16H2,1H3. The van der Waals surface area contributed by atoms with Gasteiger partial charge in [-0.05, 0) is 61.6 Å². The number of imidazole rings is 1. The molecule has 0 saturated carbocycles. The minimum atomic E-state index is 0.231. The summed E-state index contributed by atoms with van der Waals surface area (Å²) in [6.45, 7) is 3.87. The molecular weight excluding hydrogens is 418 g/mol. The number of carbonyl (C=O) groups excluding carboxylic acids is 1. The number of hydrogen-bond donors (Lipinski definition) is 0. The quantitative estimate of drug-likeness (QED) is 0.369. The summed E-state index contributed by atoms with van der Waals surface area (Å²) < 4.78 is 2.15. The van der Waals surface area contributed by atoms with Gasteiger partial charge < -0.3 is 9.30 Å². The second kappa shape index (κ2) is 8.79. The van der Waals surface area contributed by atoms with E-state index in [0.29, 0.717) is 17.9 Å². The normalized spacial score (nSPS) is 13.8. The molecule has 0 N–H and O–H groups in total. The first-order valence-corrected chi connectivity index (χ1v) is 11.6. The number of aryl methyl sites for hydroxylation is 2. The zero-order valence-corrected chi connectivity index (χ0v) is 19.0. The highest BCUT2D eigenvalue weighted by atomic mass is 35.5. The van der Waals surface area contributed by atoms with Crippen LogP contribution in [0.5, 0.6) is 0 Å². The van der Waals surface area contributed by atoms with Crippen LogP contribution in [0.3, 0.4) is 0 Å². The molecule has 1 amide bonds. The van der Waals surface area contributed by atoms with E-state index < -0.39 is 0 Å². The average molecular weight is 444 g/mol. The van der Waals surface area contributed by atoms with Gasteiger partial charge in [0.05, 0.1) is 11.4 Å². The van der Waals surface area contributed by atoms with Gasteiger partial charge in [0, 0.05) is 36.3 Å². The van der Waals surface area contributed by atoms with Crippen LogP contribution in [-0.4, -0.2) is 33.3 Å². The fourth-order valence-electron chi connectivity index (χ4n) is 4.52. The number of hydrogen-bond acceptors (Lipinski definition) is 2. The van der Waals surface area contributed by atoms with Gasteiger partial charge in [0.1, 0.15) is 5.65 Å². The topological polar surface area (TPSA) is 37.6 Å². The molecule has 2 aromatic heterocycles. The number of likely N-dealkylation sites (tertiary alicyclic amines) is 1. The molecule has 0 unspecified atom stereocenters. The summed E-state index contributed by atoms with van der Waals surface area (Å²) in [6.07, 6.45) is 5.50. The molecule has 5 heteroatoms. The van der Waals surface area contributed by atoms with Gasteiger partial charge in [-0.3, -0.25) is 4.79 Å². The fraction of sp³-hybridized carbons (Fsp3) is 0.259. The SMILES string of the molecule is Cc1cccc(-c2ccc3nc(-c4ccc(Cl)cc4)c(CCC(=O)N4CCCC4)n3c2)c1. The minimum Gasteiger partial charge on any atom is -0.343 e. The molecule has 32 heavy (non-hydrogen) atoms. The molecule has 0 spiro atoms. The highest BCUT2D eigenvalue weighted by Gasteiger charge is 2.20. The van der Waals surface area contributed by atoms with Crippen molar-refractivity contribution in [2.45, 2.75) is 32.6 Å². The Morgan fingerprint density at radius 3 is 2.47 bits per heavy atom. The van der Waals surface area contributed by atoms with Gasteiger partial charge in [-0.1, -0.05) is 53.6 Å². The Labute approximate surface area is 193 Å². The van der Waals surface area contributed by atoms with E-state index in [2.05, 4.69) is 53.9 Å². The summed E-state index contributed by atoms with van der Waals surface area (Å²) in [5.41, 5.74) is 7.41. The molecular formula is C27H26ClN3O. The Balaban J connectivity index is 1.57. The van der Waals surface area contributed by atoms with Gasteiger partial charge in [-0.15, -0.1) is 0 Å². The van der Waals surface area contributed by atoms with Gasteiger partial charge in [-0.2, -0.15) is 0 Å². The summed E-state index contributed by atoms with van der Waals surface area (Å²) in [7, 11) is 0. The Bertz CT molecular complexity index is 1270. The van der Waals surface area contributed by atoms with Gasteiger partial charge in [-0.25, -0.2) is 4.98 Å². The van der Waals surface area contributed by atoms with Crippen LogP contribution < -0.4 is 0 Å². The number of benzene rings is 2. The highest BCUT2D eigenvalue weighted by molar-refractivity contribution is 6.30. The van der Waals surface area contributed by atoms with E-state index in [1.165, 1.54) is 11.1 Å². The third-order valence-corrected chi connectivity index (χ3v) is 6.47. The van der Waals surface area contributed by atoms with Crippen LogP contribution >= 0.6 is 11.6 Å². The number of carbonyl (C=O) groups is 1. The number of rotatable bonds is 5. The third kappa shape index (κ3) is 4.15. The van der Waals surface area contributed by atoms with Crippen molar-refractivity contribution in [1.29, 1.82) is 0 Å². The molecule has 5 rings (SSSR count). The Kier molecular flexibility index (Phi) is 5.71. The van der Waals surface area contributed by atoms with E-state index in [1.54, 1.807) is 0 Å². The lowest BCUT2D eigenvalue weighted by molar-refractivity contribution is -0.130. The van der Waals surface area contributed by atoms with Crippen LogP contribution in [0, 0.1) is 6.92 Å². The van der Waals surface area contributed by atoms with Gasteiger partial charge in [0.2, 0.25) is 5.91 Å². The maximum Gasteiger partial charge on any atom is 0.222 e. The first-order chi connectivity index (χ1) is 15.6. The van der Waals surface area contributed by atoms with E-state index in [4.69, 9.17) is 16.6 Å². The monoisotopic (exact) mass is 443 g/mol. The van der Waals surface area contributed by atoms with Crippen molar-refractivity contribution in [3.05, 3.63) is 83.1 Å². The van der Waals surface area contributed by atoms with E-state index in [-0.39, 0.29) is 5.91 Å². The smallest absolute Gasteiger partial charge is 0.222 e. The van der Waals surface area contributed by atoms with Crippen LogP contribution in [0.1, 0.15) is 30.5 Å². The van der Waals surface area contributed by atoms with Crippen LogP contribution in [0.2, 0.25) is 5.02 Å². The molecule has 3 heterocycles. The molecule has 1 aliphatic rings. The number of amides is 1. The minimum absolute atomic E-state index is 0.231. The maximum absolute atomic E-state index is 12.8. The molecule has 0 bridgehead atoms. The van der Waals surface area contributed by atoms with Crippen molar-refractivity contribution in [2.24, 2.45) is 0 Å². The van der Waals surface area contributed by atoms with E-state index >= 15 is 0 Å². The van der Waals surface area contributed by atoms with Crippen LogP contribution in [0.25, 0.3) is 28.0 Å². The van der Waals surface area contributed by atoms with E-state index in [0.717, 1.165) is 54.1 Å². The van der Waals surface area contributed by atoms with Crippen molar-refractivity contribution in [2.75, 3.05) is 13.1 Å².